The van der Waals surface area contributed by atoms with Crippen molar-refractivity contribution in [3.63, 3.8) is 0 Å². The molecule has 2 bridgehead atoms. The van der Waals surface area contributed by atoms with Crippen molar-refractivity contribution in [1.29, 1.82) is 0 Å². The molecule has 1 N–H and O–H groups in total. The molecule has 162 valence electrons. The second kappa shape index (κ2) is 8.61. The predicted molar refractivity (Wildman–Crippen MR) is 115 cm³/mol. The molecule has 31 heavy (non-hydrogen) atoms. The van der Waals surface area contributed by atoms with Gasteiger partial charge in [-0.2, -0.15) is 0 Å². The summed E-state index contributed by atoms with van der Waals surface area (Å²) in [6, 6.07) is 5.50. The molecule has 2 amide bonds. The van der Waals surface area contributed by atoms with E-state index in [-0.39, 0.29) is 23.8 Å². The number of piperidine rings is 3. The molecule has 3 aliphatic heterocycles. The zero-order valence-corrected chi connectivity index (χ0v) is 17.6. The van der Waals surface area contributed by atoms with Gasteiger partial charge in [0.1, 0.15) is 11.9 Å². The molecule has 3 saturated heterocycles. The molecule has 8 heteroatoms. The van der Waals surface area contributed by atoms with Gasteiger partial charge in [0.25, 0.3) is 0 Å². The quantitative estimate of drug-likeness (QED) is 0.787. The molecule has 3 fully saturated rings. The van der Waals surface area contributed by atoms with Gasteiger partial charge in [-0.1, -0.05) is 6.07 Å². The third-order valence-electron chi connectivity index (χ3n) is 6.89. The van der Waals surface area contributed by atoms with E-state index >= 15 is 0 Å². The van der Waals surface area contributed by atoms with Crippen LogP contribution in [-0.2, 0) is 16.0 Å². The molecule has 8 nitrogen and oxygen atoms in total. The Morgan fingerprint density at radius 1 is 1.13 bits per heavy atom. The number of nitrogens with zero attached hydrogens (tertiary/aromatic N) is 5. The maximum Gasteiger partial charge on any atom is 0.243 e. The van der Waals surface area contributed by atoms with Crippen molar-refractivity contribution in [2.24, 2.45) is 11.8 Å². The van der Waals surface area contributed by atoms with Gasteiger partial charge in [-0.05, 0) is 37.3 Å². The van der Waals surface area contributed by atoms with Gasteiger partial charge in [0.2, 0.25) is 11.8 Å². The molecule has 0 aliphatic carbocycles. The first-order chi connectivity index (χ1) is 15.2. The van der Waals surface area contributed by atoms with Crippen LogP contribution in [-0.4, -0.2) is 63.4 Å². The fourth-order valence-corrected chi connectivity index (χ4v) is 5.60. The highest BCUT2D eigenvalue weighted by Crippen LogP contribution is 2.42. The van der Waals surface area contributed by atoms with Crippen molar-refractivity contribution in [3.8, 4) is 0 Å². The molecule has 0 unspecified atom stereocenters. The van der Waals surface area contributed by atoms with Gasteiger partial charge in [0.05, 0.1) is 6.20 Å². The molecule has 0 radical (unpaired) electrons. The maximum atomic E-state index is 13.4. The third kappa shape index (κ3) is 3.98. The highest BCUT2D eigenvalue weighted by atomic mass is 16.2. The number of fused-ring (bicyclic) bond motifs is 4. The molecular formula is C23H28N6O2. The molecular weight excluding hydrogens is 392 g/mol. The number of amides is 2. The first-order valence-corrected chi connectivity index (χ1v) is 11.2. The smallest absolute Gasteiger partial charge is 0.243 e. The van der Waals surface area contributed by atoms with Crippen LogP contribution in [0, 0.1) is 11.8 Å². The number of anilines is 1. The summed E-state index contributed by atoms with van der Waals surface area (Å²) in [4.78, 5) is 43.5. The zero-order chi connectivity index (χ0) is 21.2. The lowest BCUT2D eigenvalue weighted by atomic mass is 9.71. The van der Waals surface area contributed by atoms with Crippen molar-refractivity contribution < 1.29 is 9.59 Å². The van der Waals surface area contributed by atoms with E-state index in [1.54, 1.807) is 24.8 Å². The van der Waals surface area contributed by atoms with E-state index in [2.05, 4.69) is 25.2 Å². The standard InChI is InChI=1S/C23H28N6O2/c30-21-6-3-5-19-16-12-17(15-28(14-16)20-13-24-10-11-26-20)22(29(19)21)23(31)27-9-7-18-4-1-2-8-25-18/h1-2,4,8,10-11,13,16-17,19,22H,3,5-7,9,12,14-15H2,(H,27,31)/t16-,17+,19+,22-/m1/s1. The second-order valence-corrected chi connectivity index (χ2v) is 8.79. The van der Waals surface area contributed by atoms with Crippen LogP contribution in [0.2, 0.25) is 0 Å². The van der Waals surface area contributed by atoms with Gasteiger partial charge in [-0.15, -0.1) is 0 Å². The first kappa shape index (κ1) is 19.9. The summed E-state index contributed by atoms with van der Waals surface area (Å²) in [6.07, 6.45) is 11.0. The van der Waals surface area contributed by atoms with Crippen LogP contribution in [0.3, 0.4) is 0 Å². The van der Waals surface area contributed by atoms with Crippen molar-refractivity contribution in [2.75, 3.05) is 24.5 Å². The van der Waals surface area contributed by atoms with Crippen molar-refractivity contribution in [3.05, 3.63) is 48.7 Å². The molecule has 2 aromatic rings. The van der Waals surface area contributed by atoms with E-state index in [0.717, 1.165) is 37.3 Å². The molecule has 4 atom stereocenters. The zero-order valence-electron chi connectivity index (χ0n) is 17.6. The Morgan fingerprint density at radius 3 is 2.84 bits per heavy atom. The van der Waals surface area contributed by atoms with Crippen LogP contribution in [0.5, 0.6) is 0 Å². The summed E-state index contributed by atoms with van der Waals surface area (Å²) in [7, 11) is 0. The summed E-state index contributed by atoms with van der Waals surface area (Å²) in [6.45, 7) is 2.09. The Labute approximate surface area is 182 Å². The van der Waals surface area contributed by atoms with Crippen molar-refractivity contribution in [2.45, 2.75) is 44.2 Å². The summed E-state index contributed by atoms with van der Waals surface area (Å²) >= 11 is 0. The van der Waals surface area contributed by atoms with Crippen LogP contribution in [0.4, 0.5) is 5.82 Å². The Hall–Kier alpha value is -3.03. The van der Waals surface area contributed by atoms with E-state index in [1.165, 1.54) is 0 Å². The summed E-state index contributed by atoms with van der Waals surface area (Å²) in [5, 5.41) is 3.09. The van der Waals surface area contributed by atoms with Gasteiger partial charge in [-0.3, -0.25) is 19.6 Å². The second-order valence-electron chi connectivity index (χ2n) is 8.79. The van der Waals surface area contributed by atoms with Crippen molar-refractivity contribution >= 4 is 17.6 Å². The molecule has 0 aromatic carbocycles. The van der Waals surface area contributed by atoms with Crippen molar-refractivity contribution in [1.82, 2.24) is 25.2 Å². The largest absolute Gasteiger partial charge is 0.355 e. The first-order valence-electron chi connectivity index (χ1n) is 11.2. The monoisotopic (exact) mass is 420 g/mol. The molecule has 0 saturated carbocycles. The summed E-state index contributed by atoms with van der Waals surface area (Å²) in [5.41, 5.74) is 0.949. The lowest BCUT2D eigenvalue weighted by Crippen LogP contribution is -2.68. The number of rotatable bonds is 5. The number of aromatic nitrogens is 3. The van der Waals surface area contributed by atoms with Crippen LogP contribution in [0.25, 0.3) is 0 Å². The van der Waals surface area contributed by atoms with Crippen LogP contribution >= 0.6 is 0 Å². The minimum absolute atomic E-state index is 0.0411. The number of hydrogen-bond donors (Lipinski definition) is 1. The minimum atomic E-state index is -0.419. The van der Waals surface area contributed by atoms with E-state index < -0.39 is 6.04 Å². The average Bonchev–Trinajstić information content (AvgIpc) is 2.81. The van der Waals surface area contributed by atoms with Crippen LogP contribution in [0.15, 0.2) is 43.0 Å². The molecule has 3 aliphatic rings. The highest BCUT2D eigenvalue weighted by molar-refractivity contribution is 5.89. The number of carbonyl (C=O) groups excluding carboxylic acids is 2. The van der Waals surface area contributed by atoms with Gasteiger partial charge in [-0.25, -0.2) is 4.98 Å². The van der Waals surface area contributed by atoms with Gasteiger partial charge < -0.3 is 15.1 Å². The Balaban J connectivity index is 1.35. The van der Waals surface area contributed by atoms with Gasteiger partial charge in [0, 0.05) is 68.7 Å². The number of carbonyl (C=O) groups is 2. The molecule has 0 spiro atoms. The van der Waals surface area contributed by atoms with Crippen LogP contribution < -0.4 is 10.2 Å². The number of nitrogens with one attached hydrogen (secondary N) is 1. The van der Waals surface area contributed by atoms with E-state index in [1.807, 2.05) is 23.1 Å². The summed E-state index contributed by atoms with van der Waals surface area (Å²) < 4.78 is 0. The number of pyridine rings is 1. The topological polar surface area (TPSA) is 91.3 Å². The molecule has 5 heterocycles. The average molecular weight is 421 g/mol. The van der Waals surface area contributed by atoms with E-state index in [0.29, 0.717) is 31.8 Å². The fraction of sp³-hybridized carbons (Fsp3) is 0.522. The maximum absolute atomic E-state index is 13.4. The SMILES string of the molecule is O=C(NCCc1ccccn1)[C@H]1[C@H]2C[C@H](CN(c3cnccn3)C2)[C@@H]2CCCC(=O)N21. The molecule has 2 aromatic heterocycles. The normalized spacial score (nSPS) is 27.5. The van der Waals surface area contributed by atoms with E-state index in [9.17, 15) is 9.59 Å². The van der Waals surface area contributed by atoms with Crippen LogP contribution in [0.1, 0.15) is 31.4 Å². The lowest BCUT2D eigenvalue weighted by Gasteiger charge is -2.56. The number of hydrogen-bond acceptors (Lipinski definition) is 6. The van der Waals surface area contributed by atoms with Gasteiger partial charge >= 0.3 is 0 Å². The Kier molecular flexibility index (Phi) is 5.53. The summed E-state index contributed by atoms with van der Waals surface area (Å²) in [5.74, 6) is 1.39. The predicted octanol–water partition coefficient (Wildman–Crippen LogP) is 1.44. The molecule has 5 rings (SSSR count). The lowest BCUT2D eigenvalue weighted by molar-refractivity contribution is -0.156. The van der Waals surface area contributed by atoms with E-state index in [4.69, 9.17) is 0 Å². The third-order valence-corrected chi connectivity index (χ3v) is 6.89. The van der Waals surface area contributed by atoms with Gasteiger partial charge in [0.15, 0.2) is 0 Å². The Bertz CT molecular complexity index is 924. The highest BCUT2D eigenvalue weighted by Gasteiger charge is 2.52. The Morgan fingerprint density at radius 2 is 2.03 bits per heavy atom. The fourth-order valence-electron chi connectivity index (χ4n) is 5.60. The minimum Gasteiger partial charge on any atom is -0.355 e.